The largest absolute Gasteiger partial charge is 0.394 e. The number of nitrogens with one attached hydrogen (secondary N) is 1. The molecule has 130 valence electrons. The molecule has 0 amide bonds. The first kappa shape index (κ1) is 15.1. The van der Waals surface area contributed by atoms with E-state index >= 15 is 0 Å². The fourth-order valence-electron chi connectivity index (χ4n) is 4.29. The molecule has 0 radical (unpaired) electrons. The van der Waals surface area contributed by atoms with E-state index in [9.17, 15) is 5.11 Å². The molecule has 2 fully saturated rings. The molecule has 25 heavy (non-hydrogen) atoms. The van der Waals surface area contributed by atoms with Gasteiger partial charge in [-0.15, -0.1) is 0 Å². The van der Waals surface area contributed by atoms with Crippen molar-refractivity contribution in [2.75, 3.05) is 23.4 Å². The van der Waals surface area contributed by atoms with Gasteiger partial charge >= 0.3 is 0 Å². The first-order valence-corrected chi connectivity index (χ1v) is 9.34. The van der Waals surface area contributed by atoms with E-state index in [0.29, 0.717) is 17.9 Å². The Bertz CT molecular complexity index is 804. The second-order valence-corrected chi connectivity index (χ2v) is 7.70. The molecule has 2 heterocycles. The third-order valence-corrected chi connectivity index (χ3v) is 5.73. The first-order chi connectivity index (χ1) is 12.2. The quantitative estimate of drug-likeness (QED) is 0.878. The minimum absolute atomic E-state index is 0.00874. The summed E-state index contributed by atoms with van der Waals surface area (Å²) in [7, 11) is 0. The number of fused-ring (bicyclic) bond motifs is 5. The van der Waals surface area contributed by atoms with E-state index in [-0.39, 0.29) is 12.6 Å². The first-order valence-electron chi connectivity index (χ1n) is 9.34. The summed E-state index contributed by atoms with van der Waals surface area (Å²) in [5, 5.41) is 12.7. The maximum Gasteiger partial charge on any atom is 0.136 e. The zero-order valence-corrected chi connectivity index (χ0v) is 14.5. The molecule has 2 aliphatic carbocycles. The second-order valence-electron chi connectivity index (χ2n) is 7.70. The van der Waals surface area contributed by atoms with Gasteiger partial charge in [-0.05, 0) is 37.3 Å². The Morgan fingerprint density at radius 3 is 2.76 bits per heavy atom. The Labute approximate surface area is 148 Å². The van der Waals surface area contributed by atoms with Crippen LogP contribution < -0.4 is 10.2 Å². The van der Waals surface area contributed by atoms with Gasteiger partial charge in [0.2, 0.25) is 0 Å². The molecular formula is C20H24N4O. The number of benzene rings is 1. The SMILES string of the molecule is C[C@@H](CO)Nc1cc(N2C[C@H]3C[C@H]2c2ccccc23)nc(C2CC2)n1. The van der Waals surface area contributed by atoms with Crippen LogP contribution in [0, 0.1) is 0 Å². The van der Waals surface area contributed by atoms with Gasteiger partial charge < -0.3 is 15.3 Å². The lowest BCUT2D eigenvalue weighted by atomic mass is 9.99. The predicted octanol–water partition coefficient (Wildman–Crippen LogP) is 3.20. The normalized spacial score (nSPS) is 25.1. The molecule has 3 atom stereocenters. The minimum atomic E-state index is -0.00874. The fourth-order valence-corrected chi connectivity index (χ4v) is 4.29. The highest BCUT2D eigenvalue weighted by atomic mass is 16.3. The topological polar surface area (TPSA) is 61.3 Å². The van der Waals surface area contributed by atoms with Gasteiger partial charge in [0.05, 0.1) is 12.6 Å². The van der Waals surface area contributed by atoms with Crippen molar-refractivity contribution < 1.29 is 5.11 Å². The van der Waals surface area contributed by atoms with E-state index in [1.807, 2.05) is 6.92 Å². The smallest absolute Gasteiger partial charge is 0.136 e. The van der Waals surface area contributed by atoms with Crippen LogP contribution in [-0.2, 0) is 0 Å². The molecule has 1 aliphatic heterocycles. The van der Waals surface area contributed by atoms with Crippen molar-refractivity contribution in [3.63, 3.8) is 0 Å². The number of hydrogen-bond donors (Lipinski definition) is 2. The molecule has 1 saturated heterocycles. The molecule has 1 aromatic heterocycles. The summed E-state index contributed by atoms with van der Waals surface area (Å²) in [5.41, 5.74) is 2.98. The Hall–Kier alpha value is -2.14. The lowest BCUT2D eigenvalue weighted by molar-refractivity contribution is 0.281. The standard InChI is InChI=1S/C20H24N4O/c1-12(11-25)21-18-9-19(23-20(22-18)13-6-7-13)24-10-14-8-17(24)16-5-3-2-4-15(14)16/h2-5,9,12-14,17,25H,6-8,10-11H2,1H3,(H,21,22,23)/t12-,14+,17-/m0/s1. The fraction of sp³-hybridized carbons (Fsp3) is 0.500. The van der Waals surface area contributed by atoms with E-state index in [0.717, 1.165) is 24.0 Å². The van der Waals surface area contributed by atoms with Crippen LogP contribution in [0.4, 0.5) is 11.6 Å². The molecule has 2 bridgehead atoms. The number of hydrogen-bond acceptors (Lipinski definition) is 5. The Balaban J connectivity index is 1.50. The van der Waals surface area contributed by atoms with Crippen molar-refractivity contribution >= 4 is 11.6 Å². The van der Waals surface area contributed by atoms with Gasteiger partial charge in [0.15, 0.2) is 0 Å². The maximum atomic E-state index is 9.35. The Kier molecular flexibility index (Phi) is 3.45. The van der Waals surface area contributed by atoms with Crippen LogP contribution in [0.25, 0.3) is 0 Å². The van der Waals surface area contributed by atoms with Gasteiger partial charge in [0.25, 0.3) is 0 Å². The molecule has 0 unspecified atom stereocenters. The van der Waals surface area contributed by atoms with Crippen LogP contribution in [0.1, 0.15) is 61.0 Å². The van der Waals surface area contributed by atoms with E-state index in [1.165, 1.54) is 30.4 Å². The Morgan fingerprint density at radius 1 is 1.20 bits per heavy atom. The average molecular weight is 336 g/mol. The van der Waals surface area contributed by atoms with Crippen molar-refractivity contribution in [3.05, 3.63) is 47.3 Å². The van der Waals surface area contributed by atoms with Gasteiger partial charge in [-0.2, -0.15) is 0 Å². The van der Waals surface area contributed by atoms with Crippen LogP contribution in [0.3, 0.4) is 0 Å². The highest BCUT2D eigenvalue weighted by Crippen LogP contribution is 2.51. The van der Waals surface area contributed by atoms with Gasteiger partial charge in [-0.3, -0.25) is 0 Å². The van der Waals surface area contributed by atoms with Crippen molar-refractivity contribution in [2.24, 2.45) is 0 Å². The van der Waals surface area contributed by atoms with Crippen molar-refractivity contribution in [1.29, 1.82) is 0 Å². The van der Waals surface area contributed by atoms with E-state index in [4.69, 9.17) is 9.97 Å². The second kappa shape index (κ2) is 5.70. The summed E-state index contributed by atoms with van der Waals surface area (Å²) in [6, 6.07) is 11.3. The number of rotatable bonds is 5. The van der Waals surface area contributed by atoms with Crippen LogP contribution in [-0.4, -0.2) is 34.3 Å². The molecule has 1 saturated carbocycles. The summed E-state index contributed by atoms with van der Waals surface area (Å²) < 4.78 is 0. The zero-order chi connectivity index (χ0) is 17.0. The molecule has 2 aromatic rings. The van der Waals surface area contributed by atoms with Gasteiger partial charge in [-0.25, -0.2) is 9.97 Å². The van der Waals surface area contributed by atoms with E-state index < -0.39 is 0 Å². The van der Waals surface area contributed by atoms with Crippen molar-refractivity contribution in [2.45, 2.75) is 50.1 Å². The summed E-state index contributed by atoms with van der Waals surface area (Å²) in [4.78, 5) is 12.1. The summed E-state index contributed by atoms with van der Waals surface area (Å²) in [6.45, 7) is 3.10. The minimum Gasteiger partial charge on any atom is -0.394 e. The van der Waals surface area contributed by atoms with Crippen LogP contribution in [0.2, 0.25) is 0 Å². The number of aliphatic hydroxyl groups excluding tert-OH is 1. The number of nitrogens with zero attached hydrogens (tertiary/aromatic N) is 3. The van der Waals surface area contributed by atoms with Crippen LogP contribution in [0.15, 0.2) is 30.3 Å². The van der Waals surface area contributed by atoms with E-state index in [1.54, 1.807) is 0 Å². The highest BCUT2D eigenvalue weighted by molar-refractivity contribution is 5.57. The summed E-state index contributed by atoms with van der Waals surface area (Å²) in [5.74, 6) is 3.96. The lowest BCUT2D eigenvalue weighted by Crippen LogP contribution is -2.29. The zero-order valence-electron chi connectivity index (χ0n) is 14.5. The van der Waals surface area contributed by atoms with Gasteiger partial charge in [-0.1, -0.05) is 24.3 Å². The molecule has 1 aromatic carbocycles. The molecule has 0 spiro atoms. The average Bonchev–Trinajstić information content (AvgIpc) is 3.32. The number of aliphatic hydroxyl groups is 1. The van der Waals surface area contributed by atoms with Gasteiger partial charge in [0, 0.05) is 30.5 Å². The number of aromatic nitrogens is 2. The predicted molar refractivity (Wildman–Crippen MR) is 98.1 cm³/mol. The highest BCUT2D eigenvalue weighted by Gasteiger charge is 2.43. The monoisotopic (exact) mass is 336 g/mol. The third kappa shape index (κ3) is 2.58. The summed E-state index contributed by atoms with van der Waals surface area (Å²) >= 11 is 0. The summed E-state index contributed by atoms with van der Waals surface area (Å²) in [6.07, 6.45) is 3.57. The molecule has 3 aliphatic rings. The molecule has 5 nitrogen and oxygen atoms in total. The molecule has 5 heteroatoms. The van der Waals surface area contributed by atoms with Crippen molar-refractivity contribution in [3.8, 4) is 0 Å². The van der Waals surface area contributed by atoms with E-state index in [2.05, 4.69) is 40.5 Å². The molecule has 5 rings (SSSR count). The maximum absolute atomic E-state index is 9.35. The molecule has 2 N–H and O–H groups in total. The van der Waals surface area contributed by atoms with Crippen LogP contribution in [0.5, 0.6) is 0 Å². The number of anilines is 2. The Morgan fingerprint density at radius 2 is 2.00 bits per heavy atom. The van der Waals surface area contributed by atoms with Gasteiger partial charge in [0.1, 0.15) is 17.5 Å². The molecular weight excluding hydrogens is 312 g/mol. The van der Waals surface area contributed by atoms with Crippen molar-refractivity contribution in [1.82, 2.24) is 9.97 Å². The lowest BCUT2D eigenvalue weighted by Gasteiger charge is -2.30. The third-order valence-electron chi connectivity index (χ3n) is 5.73. The van der Waals surface area contributed by atoms with Crippen LogP contribution >= 0.6 is 0 Å².